The Morgan fingerprint density at radius 2 is 1.61 bits per heavy atom. The molecular weight excluding hydrogens is 355 g/mol. The minimum atomic E-state index is -0.398. The van der Waals surface area contributed by atoms with Crippen LogP contribution >= 0.6 is 0 Å². The Bertz CT molecular complexity index is 914. The monoisotopic (exact) mass is 378 g/mol. The van der Waals surface area contributed by atoms with Crippen LogP contribution in [0.1, 0.15) is 40.1 Å². The van der Waals surface area contributed by atoms with Crippen LogP contribution in [0.5, 0.6) is 0 Å². The number of amides is 2. The van der Waals surface area contributed by atoms with Gasteiger partial charge in [0.05, 0.1) is 17.2 Å². The van der Waals surface area contributed by atoms with Gasteiger partial charge in [-0.25, -0.2) is 4.39 Å². The fourth-order valence-electron chi connectivity index (χ4n) is 4.11. The van der Waals surface area contributed by atoms with Gasteiger partial charge in [0.2, 0.25) is 0 Å². The highest BCUT2D eigenvalue weighted by atomic mass is 19.1. The van der Waals surface area contributed by atoms with Crippen molar-refractivity contribution in [2.75, 3.05) is 19.6 Å². The van der Waals surface area contributed by atoms with Crippen molar-refractivity contribution in [1.82, 2.24) is 9.80 Å². The number of nitrogens with zero attached hydrogens (tertiary/aromatic N) is 2. The van der Waals surface area contributed by atoms with E-state index in [1.54, 1.807) is 36.4 Å². The van der Waals surface area contributed by atoms with E-state index in [1.165, 1.54) is 17.0 Å². The molecule has 0 saturated carbocycles. The minimum absolute atomic E-state index is 0.259. The van der Waals surface area contributed by atoms with E-state index in [1.807, 2.05) is 0 Å². The van der Waals surface area contributed by atoms with E-state index in [4.69, 9.17) is 0 Å². The fourth-order valence-corrected chi connectivity index (χ4v) is 4.11. The Kier molecular flexibility index (Phi) is 4.85. The first-order valence-corrected chi connectivity index (χ1v) is 9.61. The molecule has 28 heavy (non-hydrogen) atoms. The average Bonchev–Trinajstić information content (AvgIpc) is 2.93. The highest BCUT2D eigenvalue weighted by molar-refractivity contribution is 6.22. The molecule has 2 aromatic carbocycles. The highest BCUT2D eigenvalue weighted by Crippen LogP contribution is 2.33. The molecule has 0 unspecified atom stereocenters. The standard InChI is InChI=1S/C23H23FN2O2/c1-15(2)13-25-12-11-18(16-7-9-17(24)10-8-16)21(14-25)26-22(27)19-5-3-4-6-20(19)23(26)28/h3-11,15,21H,12-14H2,1-2H3/t21-/m1/s1. The maximum absolute atomic E-state index is 13.4. The largest absolute Gasteiger partial charge is 0.297 e. The molecule has 2 aromatic rings. The molecular formula is C23H23FN2O2. The van der Waals surface area contributed by atoms with Crippen LogP contribution in [0.2, 0.25) is 0 Å². The van der Waals surface area contributed by atoms with Crippen LogP contribution in [0.3, 0.4) is 0 Å². The van der Waals surface area contributed by atoms with Gasteiger partial charge in [-0.15, -0.1) is 0 Å². The van der Waals surface area contributed by atoms with Gasteiger partial charge in [-0.05, 0) is 41.3 Å². The fraction of sp³-hybridized carbons (Fsp3) is 0.304. The lowest BCUT2D eigenvalue weighted by Crippen LogP contribution is -2.50. The molecule has 4 nitrogen and oxygen atoms in total. The number of imide groups is 1. The van der Waals surface area contributed by atoms with Crippen molar-refractivity contribution in [2.45, 2.75) is 19.9 Å². The first kappa shape index (κ1) is 18.6. The minimum Gasteiger partial charge on any atom is -0.297 e. The summed E-state index contributed by atoms with van der Waals surface area (Å²) in [6.45, 7) is 6.50. The van der Waals surface area contributed by atoms with Crippen LogP contribution in [-0.2, 0) is 0 Å². The van der Waals surface area contributed by atoms with Crippen LogP contribution in [0.4, 0.5) is 4.39 Å². The number of hydrogen-bond acceptors (Lipinski definition) is 3. The van der Waals surface area contributed by atoms with Gasteiger partial charge in [-0.1, -0.05) is 44.2 Å². The van der Waals surface area contributed by atoms with Crippen molar-refractivity contribution in [3.05, 3.63) is 77.1 Å². The molecule has 0 radical (unpaired) electrons. The Morgan fingerprint density at radius 3 is 2.18 bits per heavy atom. The van der Waals surface area contributed by atoms with Crippen molar-refractivity contribution in [1.29, 1.82) is 0 Å². The smallest absolute Gasteiger partial charge is 0.262 e. The van der Waals surface area contributed by atoms with E-state index in [9.17, 15) is 14.0 Å². The molecule has 4 rings (SSSR count). The lowest BCUT2D eigenvalue weighted by atomic mass is 9.93. The summed E-state index contributed by atoms with van der Waals surface area (Å²) in [5.41, 5.74) is 2.64. The molecule has 2 amide bonds. The summed E-state index contributed by atoms with van der Waals surface area (Å²) in [5.74, 6) is -0.350. The summed E-state index contributed by atoms with van der Waals surface area (Å²) in [5, 5.41) is 0. The van der Waals surface area contributed by atoms with E-state index >= 15 is 0 Å². The second-order valence-electron chi connectivity index (χ2n) is 7.82. The van der Waals surface area contributed by atoms with Crippen LogP contribution in [0, 0.1) is 11.7 Å². The Hall–Kier alpha value is -2.79. The summed E-state index contributed by atoms with van der Waals surface area (Å²) in [4.78, 5) is 29.8. The van der Waals surface area contributed by atoms with E-state index < -0.39 is 6.04 Å². The second kappa shape index (κ2) is 7.32. The molecule has 5 heteroatoms. The third-order valence-corrected chi connectivity index (χ3v) is 5.30. The molecule has 0 fully saturated rings. The predicted molar refractivity (Wildman–Crippen MR) is 106 cm³/mol. The molecule has 2 aliphatic rings. The molecule has 0 N–H and O–H groups in total. The SMILES string of the molecule is CC(C)CN1CC=C(c2ccc(F)cc2)[C@H](N2C(=O)c3ccccc3C2=O)C1. The molecule has 0 bridgehead atoms. The van der Waals surface area contributed by atoms with Crippen molar-refractivity contribution < 1.29 is 14.0 Å². The van der Waals surface area contributed by atoms with Gasteiger partial charge < -0.3 is 0 Å². The van der Waals surface area contributed by atoms with Crippen LogP contribution < -0.4 is 0 Å². The Balaban J connectivity index is 1.73. The lowest BCUT2D eigenvalue weighted by Gasteiger charge is -2.38. The maximum Gasteiger partial charge on any atom is 0.262 e. The van der Waals surface area contributed by atoms with Gasteiger partial charge in [-0.3, -0.25) is 19.4 Å². The van der Waals surface area contributed by atoms with Crippen molar-refractivity contribution in [2.24, 2.45) is 5.92 Å². The average molecular weight is 378 g/mol. The summed E-state index contributed by atoms with van der Waals surface area (Å²) in [6.07, 6.45) is 2.06. The summed E-state index contributed by atoms with van der Waals surface area (Å²) in [7, 11) is 0. The zero-order valence-corrected chi connectivity index (χ0v) is 16.1. The summed E-state index contributed by atoms with van der Waals surface area (Å²) >= 11 is 0. The number of rotatable bonds is 4. The topological polar surface area (TPSA) is 40.6 Å². The molecule has 1 atom stereocenters. The number of fused-ring (bicyclic) bond motifs is 1. The van der Waals surface area contributed by atoms with Gasteiger partial charge in [0.25, 0.3) is 11.8 Å². The van der Waals surface area contributed by atoms with Gasteiger partial charge in [0.15, 0.2) is 0 Å². The van der Waals surface area contributed by atoms with Crippen molar-refractivity contribution in [3.8, 4) is 0 Å². The normalized spacial score (nSPS) is 19.9. The Morgan fingerprint density at radius 1 is 1.00 bits per heavy atom. The molecule has 0 saturated heterocycles. The molecule has 0 spiro atoms. The second-order valence-corrected chi connectivity index (χ2v) is 7.82. The molecule has 0 aromatic heterocycles. The quantitative estimate of drug-likeness (QED) is 0.759. The van der Waals surface area contributed by atoms with E-state index in [0.717, 1.165) is 24.2 Å². The van der Waals surface area contributed by atoms with Crippen LogP contribution in [0.25, 0.3) is 5.57 Å². The number of carbonyl (C=O) groups is 2. The zero-order valence-electron chi connectivity index (χ0n) is 16.1. The van der Waals surface area contributed by atoms with Gasteiger partial charge in [0, 0.05) is 19.6 Å². The van der Waals surface area contributed by atoms with Crippen molar-refractivity contribution >= 4 is 17.4 Å². The zero-order chi connectivity index (χ0) is 19.8. The van der Waals surface area contributed by atoms with E-state index in [2.05, 4.69) is 24.8 Å². The highest BCUT2D eigenvalue weighted by Gasteiger charge is 2.42. The third-order valence-electron chi connectivity index (χ3n) is 5.30. The van der Waals surface area contributed by atoms with Crippen LogP contribution in [-0.4, -0.2) is 47.3 Å². The first-order chi connectivity index (χ1) is 13.5. The van der Waals surface area contributed by atoms with Crippen molar-refractivity contribution in [3.63, 3.8) is 0 Å². The molecule has 0 aliphatic carbocycles. The maximum atomic E-state index is 13.4. The van der Waals surface area contributed by atoms with Gasteiger partial charge in [-0.2, -0.15) is 0 Å². The number of halogens is 1. The summed E-state index contributed by atoms with van der Waals surface area (Å²) < 4.78 is 13.4. The number of hydrogen-bond donors (Lipinski definition) is 0. The Labute approximate surface area is 164 Å². The van der Waals surface area contributed by atoms with Gasteiger partial charge >= 0.3 is 0 Å². The predicted octanol–water partition coefficient (Wildman–Crippen LogP) is 3.85. The number of carbonyl (C=O) groups excluding carboxylic acids is 2. The van der Waals surface area contributed by atoms with Crippen LogP contribution in [0.15, 0.2) is 54.6 Å². The summed E-state index contributed by atoms with van der Waals surface area (Å²) in [6, 6.07) is 12.8. The third kappa shape index (κ3) is 3.27. The molecule has 2 heterocycles. The lowest BCUT2D eigenvalue weighted by molar-refractivity contribution is 0.0584. The molecule has 2 aliphatic heterocycles. The van der Waals surface area contributed by atoms with Gasteiger partial charge in [0.1, 0.15) is 5.82 Å². The van der Waals surface area contributed by atoms with E-state index in [0.29, 0.717) is 23.6 Å². The van der Waals surface area contributed by atoms with E-state index in [-0.39, 0.29) is 17.6 Å². The molecule has 144 valence electrons. The first-order valence-electron chi connectivity index (χ1n) is 9.61. The number of benzene rings is 2.